The highest BCUT2D eigenvalue weighted by atomic mass is 16.5. The fourth-order valence-corrected chi connectivity index (χ4v) is 1.55. The van der Waals surface area contributed by atoms with Gasteiger partial charge >= 0.3 is 11.9 Å². The molecule has 0 saturated heterocycles. The van der Waals surface area contributed by atoms with E-state index in [1.165, 1.54) is 12.1 Å². The Morgan fingerprint density at radius 2 is 2.16 bits per heavy atom. The number of esters is 1. The van der Waals surface area contributed by atoms with Crippen LogP contribution >= 0.6 is 0 Å². The molecule has 0 unspecified atom stereocenters. The van der Waals surface area contributed by atoms with Crippen molar-refractivity contribution in [2.45, 2.75) is 6.92 Å². The Hall–Kier alpha value is -2.70. The van der Waals surface area contributed by atoms with E-state index in [1.54, 1.807) is 6.92 Å². The zero-order chi connectivity index (χ0) is 14.0. The zero-order valence-electron chi connectivity index (χ0n) is 9.99. The normalized spacial score (nSPS) is 10.4. The van der Waals surface area contributed by atoms with Crippen LogP contribution in [0.3, 0.4) is 0 Å². The number of nitrogens with zero attached hydrogens (tertiary/aromatic N) is 2. The van der Waals surface area contributed by atoms with E-state index >= 15 is 0 Å². The van der Waals surface area contributed by atoms with Gasteiger partial charge in [-0.3, -0.25) is 9.20 Å². The van der Waals surface area contributed by atoms with E-state index in [9.17, 15) is 14.4 Å². The molecule has 19 heavy (non-hydrogen) atoms. The van der Waals surface area contributed by atoms with Gasteiger partial charge in [-0.2, -0.15) is 0 Å². The molecule has 0 radical (unpaired) electrons. The van der Waals surface area contributed by atoms with Crippen LogP contribution in [0.15, 0.2) is 29.3 Å². The average Bonchev–Trinajstić information content (AvgIpc) is 2.39. The fourth-order valence-electron chi connectivity index (χ4n) is 1.55. The quantitative estimate of drug-likeness (QED) is 0.812. The SMILES string of the molecule is CCOC(=O)c1cnc2ccc(C(=O)O)cn2c1=O. The van der Waals surface area contributed by atoms with Gasteiger partial charge < -0.3 is 9.84 Å². The molecule has 2 aromatic rings. The standard InChI is InChI=1S/C12H10N2O5/c1-2-19-12(18)8-5-13-9-4-3-7(11(16)17)6-14(9)10(8)15/h3-6H,2H2,1H3,(H,16,17). The first-order valence-electron chi connectivity index (χ1n) is 5.46. The maximum absolute atomic E-state index is 12.0. The Morgan fingerprint density at radius 1 is 1.42 bits per heavy atom. The van der Waals surface area contributed by atoms with Crippen LogP contribution in [-0.2, 0) is 4.74 Å². The molecule has 2 rings (SSSR count). The molecule has 0 fully saturated rings. The summed E-state index contributed by atoms with van der Waals surface area (Å²) in [6.07, 6.45) is 2.24. The molecule has 0 aromatic carbocycles. The van der Waals surface area contributed by atoms with Gasteiger partial charge in [0.15, 0.2) is 0 Å². The number of pyridine rings is 1. The summed E-state index contributed by atoms with van der Waals surface area (Å²) in [7, 11) is 0. The Labute approximate surface area is 107 Å². The highest BCUT2D eigenvalue weighted by Crippen LogP contribution is 2.04. The summed E-state index contributed by atoms with van der Waals surface area (Å²) in [6, 6.07) is 2.72. The van der Waals surface area contributed by atoms with Gasteiger partial charge in [-0.05, 0) is 19.1 Å². The van der Waals surface area contributed by atoms with Crippen LogP contribution in [0.4, 0.5) is 0 Å². The van der Waals surface area contributed by atoms with Crippen molar-refractivity contribution in [1.82, 2.24) is 9.38 Å². The number of aromatic carboxylic acids is 1. The lowest BCUT2D eigenvalue weighted by atomic mass is 10.2. The smallest absolute Gasteiger partial charge is 0.345 e. The van der Waals surface area contributed by atoms with Crippen LogP contribution in [-0.4, -0.2) is 33.0 Å². The summed E-state index contributed by atoms with van der Waals surface area (Å²) < 4.78 is 5.74. The first-order chi connectivity index (χ1) is 9.04. The van der Waals surface area contributed by atoms with Crippen molar-refractivity contribution < 1.29 is 19.4 Å². The molecule has 0 bridgehead atoms. The van der Waals surface area contributed by atoms with Crippen molar-refractivity contribution in [2.75, 3.05) is 6.61 Å². The molecule has 1 N–H and O–H groups in total. The van der Waals surface area contributed by atoms with Gasteiger partial charge in [-0.1, -0.05) is 0 Å². The number of aromatic nitrogens is 2. The molecule has 2 heterocycles. The van der Waals surface area contributed by atoms with Crippen molar-refractivity contribution in [3.8, 4) is 0 Å². The zero-order valence-corrected chi connectivity index (χ0v) is 9.99. The highest BCUT2D eigenvalue weighted by Gasteiger charge is 2.15. The Kier molecular flexibility index (Phi) is 3.28. The predicted molar refractivity (Wildman–Crippen MR) is 64.4 cm³/mol. The van der Waals surface area contributed by atoms with Crippen LogP contribution in [0, 0.1) is 0 Å². The van der Waals surface area contributed by atoms with Gasteiger partial charge in [0.25, 0.3) is 5.56 Å². The number of rotatable bonds is 3. The molecule has 0 aliphatic heterocycles. The number of hydrogen-bond donors (Lipinski definition) is 1. The highest BCUT2D eigenvalue weighted by molar-refractivity contribution is 5.89. The summed E-state index contributed by atoms with van der Waals surface area (Å²) in [6.45, 7) is 1.75. The fraction of sp³-hybridized carbons (Fsp3) is 0.167. The van der Waals surface area contributed by atoms with E-state index < -0.39 is 17.5 Å². The van der Waals surface area contributed by atoms with E-state index in [2.05, 4.69) is 4.98 Å². The molecule has 2 aromatic heterocycles. The topological polar surface area (TPSA) is 98.0 Å². The Balaban J connectivity index is 2.65. The van der Waals surface area contributed by atoms with Crippen LogP contribution < -0.4 is 5.56 Å². The van der Waals surface area contributed by atoms with Gasteiger partial charge in [0.05, 0.1) is 12.2 Å². The number of hydrogen-bond acceptors (Lipinski definition) is 5. The number of carboxylic acid groups (broad SMARTS) is 1. The van der Waals surface area contributed by atoms with Crippen LogP contribution in [0.1, 0.15) is 27.6 Å². The van der Waals surface area contributed by atoms with Crippen molar-refractivity contribution in [1.29, 1.82) is 0 Å². The third-order valence-corrected chi connectivity index (χ3v) is 2.44. The van der Waals surface area contributed by atoms with Crippen LogP contribution in [0.2, 0.25) is 0 Å². The van der Waals surface area contributed by atoms with Crippen molar-refractivity contribution in [3.05, 3.63) is 46.0 Å². The molecule has 0 atom stereocenters. The summed E-state index contributed by atoms with van der Waals surface area (Å²) in [4.78, 5) is 38.3. The van der Waals surface area contributed by atoms with E-state index in [1.807, 2.05) is 0 Å². The second-order valence-corrected chi connectivity index (χ2v) is 3.65. The van der Waals surface area contributed by atoms with Gasteiger partial charge in [0.2, 0.25) is 0 Å². The molecule has 0 aliphatic carbocycles. The molecule has 0 amide bonds. The minimum Gasteiger partial charge on any atom is -0.478 e. The van der Waals surface area contributed by atoms with Crippen molar-refractivity contribution >= 4 is 17.6 Å². The molecule has 0 saturated carbocycles. The van der Waals surface area contributed by atoms with E-state index in [0.717, 1.165) is 16.8 Å². The lowest BCUT2D eigenvalue weighted by molar-refractivity contribution is 0.0523. The molecule has 7 nitrogen and oxygen atoms in total. The van der Waals surface area contributed by atoms with Gasteiger partial charge in [0, 0.05) is 12.4 Å². The third kappa shape index (κ3) is 2.30. The average molecular weight is 262 g/mol. The largest absolute Gasteiger partial charge is 0.478 e. The number of carbonyl (C=O) groups excluding carboxylic acids is 1. The third-order valence-electron chi connectivity index (χ3n) is 2.44. The first-order valence-corrected chi connectivity index (χ1v) is 5.46. The molecule has 0 spiro atoms. The maximum Gasteiger partial charge on any atom is 0.345 e. The van der Waals surface area contributed by atoms with Gasteiger partial charge in [-0.15, -0.1) is 0 Å². The van der Waals surface area contributed by atoms with Crippen LogP contribution in [0.25, 0.3) is 5.65 Å². The lowest BCUT2D eigenvalue weighted by Crippen LogP contribution is -2.24. The predicted octanol–water partition coefficient (Wildman–Crippen LogP) is 0.569. The number of ether oxygens (including phenoxy) is 1. The molecular formula is C12H10N2O5. The Morgan fingerprint density at radius 3 is 2.79 bits per heavy atom. The van der Waals surface area contributed by atoms with Crippen molar-refractivity contribution in [3.63, 3.8) is 0 Å². The number of carbonyl (C=O) groups is 2. The molecule has 98 valence electrons. The van der Waals surface area contributed by atoms with E-state index in [4.69, 9.17) is 9.84 Å². The van der Waals surface area contributed by atoms with Gasteiger partial charge in [0.1, 0.15) is 11.2 Å². The van der Waals surface area contributed by atoms with Gasteiger partial charge in [-0.25, -0.2) is 14.6 Å². The summed E-state index contributed by atoms with van der Waals surface area (Å²) in [5, 5.41) is 8.87. The molecular weight excluding hydrogens is 252 g/mol. The van der Waals surface area contributed by atoms with E-state index in [-0.39, 0.29) is 23.4 Å². The lowest BCUT2D eigenvalue weighted by Gasteiger charge is -2.04. The summed E-state index contributed by atoms with van der Waals surface area (Å²) >= 11 is 0. The van der Waals surface area contributed by atoms with E-state index in [0.29, 0.717) is 0 Å². The second kappa shape index (κ2) is 4.89. The summed E-state index contributed by atoms with van der Waals surface area (Å²) in [5.74, 6) is -1.95. The minimum absolute atomic E-state index is 0.0718. The molecule has 7 heteroatoms. The first kappa shape index (κ1) is 12.7. The second-order valence-electron chi connectivity index (χ2n) is 3.65. The monoisotopic (exact) mass is 262 g/mol. The van der Waals surface area contributed by atoms with Crippen molar-refractivity contribution in [2.24, 2.45) is 0 Å². The number of fused-ring (bicyclic) bond motifs is 1. The maximum atomic E-state index is 12.0. The minimum atomic E-state index is -1.17. The van der Waals surface area contributed by atoms with Crippen LogP contribution in [0.5, 0.6) is 0 Å². The number of carboxylic acids is 1. The summed E-state index contributed by atoms with van der Waals surface area (Å²) in [5.41, 5.74) is -0.714. The Bertz CT molecular complexity index is 720. The molecule has 0 aliphatic rings.